The molecule has 1 unspecified atom stereocenters. The molecule has 0 spiro atoms. The van der Waals surface area contributed by atoms with Gasteiger partial charge in [-0.3, -0.25) is 4.79 Å². The van der Waals surface area contributed by atoms with Gasteiger partial charge in [-0.05, 0) is 87.3 Å². The second-order valence-corrected chi connectivity index (χ2v) is 9.52. The zero-order chi connectivity index (χ0) is 27.2. The van der Waals surface area contributed by atoms with Crippen LogP contribution in [0.5, 0.6) is 0 Å². The summed E-state index contributed by atoms with van der Waals surface area (Å²) in [5, 5.41) is 9.63. The molecule has 0 aliphatic heterocycles. The minimum absolute atomic E-state index is 0.250. The van der Waals surface area contributed by atoms with Crippen LogP contribution in [0.25, 0.3) is 21.9 Å². The monoisotopic (exact) mass is 549 g/mol. The molecule has 4 rings (SSSR count). The summed E-state index contributed by atoms with van der Waals surface area (Å²) in [4.78, 5) is 10.9. The molecule has 0 heterocycles. The highest BCUT2D eigenvalue weighted by molar-refractivity contribution is 7.86. The highest BCUT2D eigenvalue weighted by Gasteiger charge is 2.38. The number of nitrogens with one attached hydrogen (secondary N) is 1. The minimum atomic E-state index is -4.21. The second kappa shape index (κ2) is 12.2. The highest BCUT2D eigenvalue weighted by Crippen LogP contribution is 2.37. The molecule has 194 valence electrons. The molecule has 0 radical (unpaired) electrons. The van der Waals surface area contributed by atoms with Gasteiger partial charge in [0.05, 0.1) is 10.5 Å². The normalized spacial score (nSPS) is 11.9. The third-order valence-electron chi connectivity index (χ3n) is 5.73. The Balaban J connectivity index is 0.00000121. The molecule has 0 amide bonds. The fraction of sp³-hybridized carbons (Fsp3) is 0.148. The first-order valence-electron chi connectivity index (χ1n) is 11.0. The smallest absolute Gasteiger partial charge is 0.414 e. The van der Waals surface area contributed by atoms with Crippen molar-refractivity contribution in [3.63, 3.8) is 0 Å². The van der Waals surface area contributed by atoms with Crippen LogP contribution in [0, 0.1) is 6.92 Å². The maximum Gasteiger partial charge on any atom is 0.414 e. The van der Waals surface area contributed by atoms with Gasteiger partial charge in [-0.2, -0.15) is 8.78 Å². The van der Waals surface area contributed by atoms with Gasteiger partial charge in [0, 0.05) is 10.7 Å². The van der Waals surface area contributed by atoms with E-state index in [9.17, 15) is 17.5 Å². The molecule has 2 N–H and O–H groups in total. The zero-order valence-electron chi connectivity index (χ0n) is 19.8. The van der Waals surface area contributed by atoms with Gasteiger partial charge in [-0.1, -0.05) is 54.9 Å². The summed E-state index contributed by atoms with van der Waals surface area (Å²) in [6.07, 6.45) is -3.33. The summed E-state index contributed by atoms with van der Waals surface area (Å²) in [5.41, 5.74) is 4.00. The Morgan fingerprint density at radius 1 is 1.08 bits per heavy atom. The molecule has 37 heavy (non-hydrogen) atoms. The van der Waals surface area contributed by atoms with Gasteiger partial charge in [0.25, 0.3) is 6.47 Å². The molecule has 4 aromatic rings. The van der Waals surface area contributed by atoms with Crippen LogP contribution < -0.4 is 4.72 Å². The number of carboxylic acid groups (broad SMARTS) is 1. The Labute approximate surface area is 219 Å². The van der Waals surface area contributed by atoms with Crippen LogP contribution in [0.2, 0.25) is 5.02 Å². The summed E-state index contributed by atoms with van der Waals surface area (Å²) >= 11 is 6.27. The molecule has 0 fully saturated rings. The van der Waals surface area contributed by atoms with E-state index in [1.54, 1.807) is 12.1 Å². The van der Waals surface area contributed by atoms with Gasteiger partial charge in [-0.25, -0.2) is 4.21 Å². The lowest BCUT2D eigenvalue weighted by Crippen LogP contribution is -2.18. The predicted molar refractivity (Wildman–Crippen MR) is 140 cm³/mol. The summed E-state index contributed by atoms with van der Waals surface area (Å²) in [6.45, 7) is 3.92. The zero-order valence-corrected chi connectivity index (χ0v) is 21.4. The Kier molecular flexibility index (Phi) is 9.31. The lowest BCUT2D eigenvalue weighted by molar-refractivity contribution is -0.365. The van der Waals surface area contributed by atoms with Gasteiger partial charge < -0.3 is 9.83 Å². The molecule has 0 aliphatic carbocycles. The summed E-state index contributed by atoms with van der Waals surface area (Å²) in [6, 6.07) is 20.1. The number of hydrogen-bond donors (Lipinski definition) is 2. The maximum atomic E-state index is 13.8. The van der Waals surface area contributed by atoms with Crippen LogP contribution >= 0.6 is 11.6 Å². The van der Waals surface area contributed by atoms with Crippen molar-refractivity contribution in [3.8, 4) is 11.1 Å². The van der Waals surface area contributed by atoms with Crippen LogP contribution in [0.4, 0.5) is 19.0 Å². The SMILES string of the molecule is CCc1cc2ccc(Cl)cc2c(-c2ccc(NS(=O)c3ccccc3C(F)(F)OF)cc2)c1C.O=CO. The molecular weight excluding hydrogens is 527 g/mol. The molecular formula is C27H23ClF3NO4S. The summed E-state index contributed by atoms with van der Waals surface area (Å²) < 4.78 is 55.4. The number of halogens is 4. The Hall–Kier alpha value is -3.40. The quantitative estimate of drug-likeness (QED) is 0.230. The molecule has 0 saturated carbocycles. The van der Waals surface area contributed by atoms with Crippen molar-refractivity contribution in [3.05, 3.63) is 94.5 Å². The molecule has 5 nitrogen and oxygen atoms in total. The van der Waals surface area contributed by atoms with Crippen molar-refractivity contribution < 1.29 is 32.4 Å². The predicted octanol–water partition coefficient (Wildman–Crippen LogP) is 7.82. The van der Waals surface area contributed by atoms with E-state index in [-0.39, 0.29) is 11.4 Å². The van der Waals surface area contributed by atoms with E-state index in [0.717, 1.165) is 39.9 Å². The van der Waals surface area contributed by atoms with Crippen molar-refractivity contribution in [2.75, 3.05) is 4.72 Å². The third kappa shape index (κ3) is 6.30. The van der Waals surface area contributed by atoms with Gasteiger partial charge >= 0.3 is 6.11 Å². The highest BCUT2D eigenvalue weighted by atomic mass is 35.5. The first-order valence-corrected chi connectivity index (χ1v) is 12.5. The van der Waals surface area contributed by atoms with E-state index in [1.165, 1.54) is 23.8 Å². The van der Waals surface area contributed by atoms with Crippen molar-refractivity contribution in [2.45, 2.75) is 31.3 Å². The maximum absolute atomic E-state index is 13.8. The fourth-order valence-corrected chi connectivity index (χ4v) is 5.27. The first kappa shape index (κ1) is 28.2. The van der Waals surface area contributed by atoms with E-state index in [4.69, 9.17) is 21.5 Å². The van der Waals surface area contributed by atoms with Crippen molar-refractivity contribution in [1.29, 1.82) is 0 Å². The van der Waals surface area contributed by atoms with Gasteiger partial charge in [0.2, 0.25) is 0 Å². The molecule has 1 atom stereocenters. The number of rotatable bonds is 7. The minimum Gasteiger partial charge on any atom is -0.483 e. The number of hydrogen-bond acceptors (Lipinski definition) is 3. The van der Waals surface area contributed by atoms with Crippen molar-refractivity contribution in [1.82, 2.24) is 0 Å². The summed E-state index contributed by atoms with van der Waals surface area (Å²) in [7, 11) is -2.07. The van der Waals surface area contributed by atoms with E-state index < -0.39 is 22.7 Å². The Morgan fingerprint density at radius 2 is 1.73 bits per heavy atom. The molecule has 0 aliphatic rings. The van der Waals surface area contributed by atoms with Gasteiger partial charge in [0.15, 0.2) is 11.0 Å². The number of fused-ring (bicyclic) bond motifs is 1. The molecule has 0 aromatic heterocycles. The lowest BCUT2D eigenvalue weighted by atomic mass is 9.89. The number of benzene rings is 4. The van der Waals surface area contributed by atoms with Crippen LogP contribution in [0.1, 0.15) is 23.6 Å². The summed E-state index contributed by atoms with van der Waals surface area (Å²) in [5.74, 6) is 0. The first-order chi connectivity index (χ1) is 17.7. The van der Waals surface area contributed by atoms with Crippen molar-refractivity contribution >= 4 is 45.5 Å². The third-order valence-corrected chi connectivity index (χ3v) is 7.15. The standard InChI is InChI=1S/C26H21ClF3NO2S.CH2O2/c1-3-17-14-19-8-11-20(27)15-22(19)25(16(17)2)18-9-12-21(13-10-18)31-34(32)24-7-5-4-6-23(24)26(28,29)33-30;2-1-3/h4-15,31H,3H2,1-2H3;1H,(H,2,3). The van der Waals surface area contributed by atoms with E-state index in [0.29, 0.717) is 10.7 Å². The number of alkyl halides is 2. The second-order valence-electron chi connectivity index (χ2n) is 7.90. The molecule has 10 heteroatoms. The van der Waals surface area contributed by atoms with Crippen molar-refractivity contribution in [2.24, 2.45) is 0 Å². The largest absolute Gasteiger partial charge is 0.483 e. The van der Waals surface area contributed by atoms with Crippen LogP contribution in [-0.4, -0.2) is 15.8 Å². The van der Waals surface area contributed by atoms with Crippen LogP contribution in [0.15, 0.2) is 77.7 Å². The lowest BCUT2D eigenvalue weighted by Gasteiger charge is -2.17. The topological polar surface area (TPSA) is 75.6 Å². The van der Waals surface area contributed by atoms with E-state index in [1.807, 2.05) is 30.3 Å². The number of carbonyl (C=O) groups is 1. The molecule has 4 aromatic carbocycles. The Morgan fingerprint density at radius 3 is 2.35 bits per heavy atom. The van der Waals surface area contributed by atoms with E-state index >= 15 is 0 Å². The number of aryl methyl sites for hydroxylation is 1. The average molecular weight is 550 g/mol. The average Bonchev–Trinajstić information content (AvgIpc) is 2.89. The van der Waals surface area contributed by atoms with Crippen LogP contribution in [-0.2, 0) is 33.3 Å². The van der Waals surface area contributed by atoms with Gasteiger partial charge in [0.1, 0.15) is 0 Å². The fourth-order valence-electron chi connectivity index (χ4n) is 4.05. The number of anilines is 1. The van der Waals surface area contributed by atoms with E-state index in [2.05, 4.69) is 29.6 Å². The Bertz CT molecular complexity index is 1430. The molecule has 0 bridgehead atoms. The van der Waals surface area contributed by atoms with Gasteiger partial charge in [-0.15, -0.1) is 4.94 Å². The van der Waals surface area contributed by atoms with Crippen LogP contribution in [0.3, 0.4) is 0 Å². The molecule has 0 saturated heterocycles.